The first-order chi connectivity index (χ1) is 14.5. The summed E-state index contributed by atoms with van der Waals surface area (Å²) in [5, 5.41) is 10.9. The molecule has 0 saturated carbocycles. The molecule has 9 nitrogen and oxygen atoms in total. The Morgan fingerprint density at radius 1 is 1.27 bits per heavy atom. The van der Waals surface area contributed by atoms with Crippen LogP contribution in [0, 0.1) is 0 Å². The molecule has 2 aromatic heterocycles. The minimum atomic E-state index is -0.192. The van der Waals surface area contributed by atoms with Gasteiger partial charge in [0.1, 0.15) is 11.9 Å². The summed E-state index contributed by atoms with van der Waals surface area (Å²) in [6.45, 7) is 6.37. The lowest BCUT2D eigenvalue weighted by Gasteiger charge is -2.40. The molecule has 160 valence electrons. The molecule has 30 heavy (non-hydrogen) atoms. The molecule has 3 aliphatic rings. The average molecular weight is 411 g/mol. The lowest BCUT2D eigenvalue weighted by molar-refractivity contribution is -0.136. The van der Waals surface area contributed by atoms with Crippen molar-refractivity contribution in [2.45, 2.75) is 64.0 Å². The normalized spacial score (nSPS) is 21.3. The number of carbonyl (C=O) groups is 1. The van der Waals surface area contributed by atoms with E-state index in [1.54, 1.807) is 0 Å². The van der Waals surface area contributed by atoms with E-state index in [0.717, 1.165) is 61.7 Å². The van der Waals surface area contributed by atoms with Gasteiger partial charge >= 0.3 is 0 Å². The monoisotopic (exact) mass is 410 g/mol. The maximum absolute atomic E-state index is 13.0. The first-order valence-electron chi connectivity index (χ1n) is 11.0. The minimum Gasteiger partial charge on any atom is -0.338 e. The van der Waals surface area contributed by atoms with E-state index in [2.05, 4.69) is 34.3 Å². The number of hydrogen-bond donors (Lipinski definition) is 3. The predicted molar refractivity (Wildman–Crippen MR) is 115 cm³/mol. The maximum atomic E-state index is 13.0. The summed E-state index contributed by atoms with van der Waals surface area (Å²) in [4.78, 5) is 26.7. The van der Waals surface area contributed by atoms with Crippen LogP contribution < -0.4 is 16.0 Å². The molecule has 4 heterocycles. The van der Waals surface area contributed by atoms with E-state index in [0.29, 0.717) is 25.0 Å². The molecule has 1 amide bonds. The number of amides is 1. The van der Waals surface area contributed by atoms with Crippen molar-refractivity contribution in [1.82, 2.24) is 25.1 Å². The summed E-state index contributed by atoms with van der Waals surface area (Å²) in [7, 11) is 0. The summed E-state index contributed by atoms with van der Waals surface area (Å²) in [5.41, 5.74) is 9.22. The Bertz CT molecular complexity index is 948. The zero-order valence-electron chi connectivity index (χ0n) is 17.7. The second-order valence-electron chi connectivity index (χ2n) is 8.99. The second-order valence-corrected chi connectivity index (χ2v) is 8.99. The molecule has 0 unspecified atom stereocenters. The number of nitrogens with zero attached hydrogens (tertiary/aromatic N) is 5. The van der Waals surface area contributed by atoms with Gasteiger partial charge in [-0.2, -0.15) is 10.1 Å². The van der Waals surface area contributed by atoms with Gasteiger partial charge in [0.25, 0.3) is 0 Å². The highest BCUT2D eigenvalue weighted by molar-refractivity contribution is 5.86. The van der Waals surface area contributed by atoms with Crippen molar-refractivity contribution in [3.63, 3.8) is 0 Å². The average Bonchev–Trinajstić information content (AvgIpc) is 3.44. The summed E-state index contributed by atoms with van der Waals surface area (Å²) < 4.78 is 0. The molecule has 0 bridgehead atoms. The standard InChI is InChI=1S/C21H30N8O/c1-12(2)16-9-18(27-26-16)24-19-14-5-3-6-15(14)23-21(25-19)29-8-4-7-17(29)20(30)28-10-13(22)11-28/h9,12-13,17H,3-8,10-11,22H2,1-2H3,(H2,23,24,25,26,27)/t17-/m1/s1. The first kappa shape index (κ1) is 19.3. The van der Waals surface area contributed by atoms with Crippen LogP contribution in [0.5, 0.6) is 0 Å². The molecule has 1 atom stereocenters. The van der Waals surface area contributed by atoms with E-state index in [1.165, 1.54) is 5.56 Å². The highest BCUT2D eigenvalue weighted by atomic mass is 16.2. The molecule has 2 aliphatic heterocycles. The van der Waals surface area contributed by atoms with Gasteiger partial charge < -0.3 is 20.9 Å². The van der Waals surface area contributed by atoms with Crippen molar-refractivity contribution < 1.29 is 4.79 Å². The van der Waals surface area contributed by atoms with E-state index in [4.69, 9.17) is 15.7 Å². The third-order valence-electron chi connectivity index (χ3n) is 6.40. The van der Waals surface area contributed by atoms with Crippen LogP contribution in [0.1, 0.15) is 56.0 Å². The van der Waals surface area contributed by atoms with Gasteiger partial charge in [-0.1, -0.05) is 13.8 Å². The van der Waals surface area contributed by atoms with E-state index in [1.807, 2.05) is 11.0 Å². The number of fused-ring (bicyclic) bond motifs is 1. The van der Waals surface area contributed by atoms with Crippen LogP contribution in [0.4, 0.5) is 17.6 Å². The van der Waals surface area contributed by atoms with Crippen molar-refractivity contribution in [3.8, 4) is 0 Å². The quantitative estimate of drug-likeness (QED) is 0.687. The number of hydrogen-bond acceptors (Lipinski definition) is 7. The van der Waals surface area contributed by atoms with Crippen molar-refractivity contribution in [1.29, 1.82) is 0 Å². The Morgan fingerprint density at radius 2 is 2.10 bits per heavy atom. The van der Waals surface area contributed by atoms with E-state index < -0.39 is 0 Å². The number of H-pyrrole nitrogens is 1. The fourth-order valence-corrected chi connectivity index (χ4v) is 4.64. The largest absolute Gasteiger partial charge is 0.338 e. The van der Waals surface area contributed by atoms with Crippen molar-refractivity contribution in [2.24, 2.45) is 5.73 Å². The van der Waals surface area contributed by atoms with Gasteiger partial charge in [0.2, 0.25) is 11.9 Å². The van der Waals surface area contributed by atoms with Crippen molar-refractivity contribution in [2.75, 3.05) is 29.9 Å². The Balaban J connectivity index is 1.42. The van der Waals surface area contributed by atoms with E-state index in [9.17, 15) is 4.79 Å². The lowest BCUT2D eigenvalue weighted by atomic mass is 10.1. The third-order valence-corrected chi connectivity index (χ3v) is 6.40. The van der Waals surface area contributed by atoms with Gasteiger partial charge in [-0.15, -0.1) is 0 Å². The Labute approximate surface area is 176 Å². The molecule has 0 spiro atoms. The van der Waals surface area contributed by atoms with Gasteiger partial charge in [-0.25, -0.2) is 4.98 Å². The third kappa shape index (κ3) is 3.40. The van der Waals surface area contributed by atoms with Crippen LogP contribution in [0.2, 0.25) is 0 Å². The highest BCUT2D eigenvalue weighted by Gasteiger charge is 2.39. The fraction of sp³-hybridized carbons (Fsp3) is 0.619. The molecule has 9 heteroatoms. The molecule has 0 radical (unpaired) electrons. The van der Waals surface area contributed by atoms with Crippen molar-refractivity contribution in [3.05, 3.63) is 23.0 Å². The molecule has 1 aliphatic carbocycles. The molecule has 2 aromatic rings. The molecular formula is C21H30N8O. The number of aryl methyl sites for hydroxylation is 1. The lowest BCUT2D eigenvalue weighted by Crippen LogP contribution is -2.61. The minimum absolute atomic E-state index is 0.112. The topological polar surface area (TPSA) is 116 Å². The molecule has 2 saturated heterocycles. The van der Waals surface area contributed by atoms with Crippen LogP contribution in [-0.2, 0) is 17.6 Å². The first-order valence-corrected chi connectivity index (χ1v) is 11.0. The summed E-state index contributed by atoms with van der Waals surface area (Å²) in [6.07, 6.45) is 4.80. The number of nitrogens with two attached hydrogens (primary N) is 1. The molecule has 5 rings (SSSR count). The number of anilines is 3. The Hall–Kier alpha value is -2.68. The zero-order chi connectivity index (χ0) is 20.8. The number of carbonyl (C=O) groups excluding carboxylic acids is 1. The van der Waals surface area contributed by atoms with E-state index >= 15 is 0 Å². The number of nitrogens with one attached hydrogen (secondary N) is 2. The molecule has 2 fully saturated rings. The number of likely N-dealkylation sites (tertiary alicyclic amines) is 1. The summed E-state index contributed by atoms with van der Waals surface area (Å²) >= 11 is 0. The van der Waals surface area contributed by atoms with Gasteiger partial charge in [0.15, 0.2) is 5.82 Å². The molecule has 4 N–H and O–H groups in total. The number of aromatic nitrogens is 4. The van der Waals surface area contributed by atoms with Gasteiger partial charge in [0.05, 0.1) is 5.69 Å². The molecule has 0 aromatic carbocycles. The van der Waals surface area contributed by atoms with Gasteiger partial charge in [-0.3, -0.25) is 9.89 Å². The molecular weight excluding hydrogens is 380 g/mol. The SMILES string of the molecule is CC(C)c1cc(Nc2nc(N3CCC[C@@H]3C(=O)N3CC(N)C3)nc3c2CCC3)n[nH]1. The van der Waals surface area contributed by atoms with Gasteiger partial charge in [0, 0.05) is 43.0 Å². The fourth-order valence-electron chi connectivity index (χ4n) is 4.64. The van der Waals surface area contributed by atoms with Crippen molar-refractivity contribution >= 4 is 23.5 Å². The Kier molecular flexibility index (Phi) is 4.85. The summed E-state index contributed by atoms with van der Waals surface area (Å²) in [6, 6.07) is 1.95. The van der Waals surface area contributed by atoms with E-state index in [-0.39, 0.29) is 18.0 Å². The van der Waals surface area contributed by atoms with Crippen LogP contribution >= 0.6 is 0 Å². The smallest absolute Gasteiger partial charge is 0.245 e. The zero-order valence-corrected chi connectivity index (χ0v) is 17.7. The summed E-state index contributed by atoms with van der Waals surface area (Å²) in [5.74, 6) is 2.77. The Morgan fingerprint density at radius 3 is 2.83 bits per heavy atom. The van der Waals surface area contributed by atoms with Gasteiger partial charge in [-0.05, 0) is 38.0 Å². The highest BCUT2D eigenvalue weighted by Crippen LogP contribution is 2.33. The number of rotatable bonds is 5. The number of aromatic amines is 1. The van der Waals surface area contributed by atoms with Crippen LogP contribution in [-0.4, -0.2) is 62.7 Å². The second kappa shape index (κ2) is 7.54. The van der Waals surface area contributed by atoms with Crippen LogP contribution in [0.25, 0.3) is 0 Å². The van der Waals surface area contributed by atoms with Crippen LogP contribution in [0.3, 0.4) is 0 Å². The predicted octanol–water partition coefficient (Wildman–Crippen LogP) is 1.69. The maximum Gasteiger partial charge on any atom is 0.245 e. The van der Waals surface area contributed by atoms with Crippen LogP contribution in [0.15, 0.2) is 6.07 Å².